The molecule has 128 valence electrons. The second-order valence-corrected chi connectivity index (χ2v) is 5.91. The summed E-state index contributed by atoms with van der Waals surface area (Å²) in [6.45, 7) is 3.65. The minimum absolute atomic E-state index is 0.0578. The fourth-order valence-electron chi connectivity index (χ4n) is 1.85. The Morgan fingerprint density at radius 3 is 2.62 bits per heavy atom. The van der Waals surface area contributed by atoms with Gasteiger partial charge in [-0.3, -0.25) is 4.79 Å². The van der Waals surface area contributed by atoms with Crippen molar-refractivity contribution >= 4 is 29.2 Å². The van der Waals surface area contributed by atoms with Crippen molar-refractivity contribution in [1.29, 1.82) is 5.26 Å². The van der Waals surface area contributed by atoms with Crippen molar-refractivity contribution in [2.24, 2.45) is 5.92 Å². The summed E-state index contributed by atoms with van der Waals surface area (Å²) in [4.78, 5) is 23.2. The predicted octanol–water partition coefficient (Wildman–Crippen LogP) is 2.48. The summed E-state index contributed by atoms with van der Waals surface area (Å²) < 4.78 is 0. The molecule has 0 aliphatic rings. The van der Waals surface area contributed by atoms with Crippen LogP contribution in [0.4, 0.5) is 5.69 Å². The first-order chi connectivity index (χ1) is 11.2. The normalized spacial score (nSPS) is 12.4. The number of carboxylic acids is 1. The number of nitrogens with zero attached hydrogens (tertiary/aromatic N) is 1. The van der Waals surface area contributed by atoms with Crippen LogP contribution in [0.25, 0.3) is 0 Å². The molecule has 1 aromatic rings. The smallest absolute Gasteiger partial charge is 0.326 e. The molecule has 1 rings (SSSR count). The Balaban J connectivity index is 2.87. The van der Waals surface area contributed by atoms with Crippen LogP contribution in [0.5, 0.6) is 5.75 Å². The summed E-state index contributed by atoms with van der Waals surface area (Å²) in [5.41, 5.74) is -0.121. The quantitative estimate of drug-likeness (QED) is 0.340. The highest BCUT2D eigenvalue weighted by Crippen LogP contribution is 2.26. The first-order valence-corrected chi connectivity index (χ1v) is 7.51. The number of nitrogens with one attached hydrogen (secondary N) is 2. The molecule has 4 N–H and O–H groups in total. The monoisotopic (exact) mass is 351 g/mol. The molecule has 24 heavy (non-hydrogen) atoms. The highest BCUT2D eigenvalue weighted by Gasteiger charge is 2.22. The van der Waals surface area contributed by atoms with Crippen molar-refractivity contribution in [3.8, 4) is 11.8 Å². The van der Waals surface area contributed by atoms with E-state index in [0.717, 1.165) is 6.20 Å². The number of rotatable bonds is 7. The van der Waals surface area contributed by atoms with E-state index in [-0.39, 0.29) is 29.3 Å². The highest BCUT2D eigenvalue weighted by atomic mass is 35.5. The van der Waals surface area contributed by atoms with Gasteiger partial charge in [-0.25, -0.2) is 4.79 Å². The van der Waals surface area contributed by atoms with Crippen molar-refractivity contribution in [2.75, 3.05) is 5.32 Å². The fourth-order valence-corrected chi connectivity index (χ4v) is 2.02. The number of amides is 1. The number of phenols is 1. The van der Waals surface area contributed by atoms with Crippen molar-refractivity contribution in [1.82, 2.24) is 5.32 Å². The standard InChI is InChI=1S/C16H18ClN3O4/c1-9(2)5-13(16(23)24)20-15(22)10(7-18)8-19-12-6-11(17)3-4-14(12)21/h3-4,6,8-9,13,19,21H,5H2,1-2H3,(H,20,22)(H,23,24)/b10-8-. The zero-order valence-corrected chi connectivity index (χ0v) is 14.0. The van der Waals surface area contributed by atoms with Gasteiger partial charge in [0.15, 0.2) is 0 Å². The van der Waals surface area contributed by atoms with Gasteiger partial charge < -0.3 is 20.8 Å². The number of carboxylic acid groups (broad SMARTS) is 1. The number of phenolic OH excluding ortho intramolecular Hbond substituents is 1. The van der Waals surface area contributed by atoms with Crippen molar-refractivity contribution < 1.29 is 19.8 Å². The second kappa shape index (κ2) is 8.79. The molecule has 0 aliphatic heterocycles. The Kier molecular flexibility index (Phi) is 7.08. The largest absolute Gasteiger partial charge is 0.506 e. The molecular formula is C16H18ClN3O4. The molecule has 0 aromatic heterocycles. The maximum atomic E-state index is 12.0. The first kappa shape index (κ1) is 19.3. The lowest BCUT2D eigenvalue weighted by atomic mass is 10.0. The van der Waals surface area contributed by atoms with Gasteiger partial charge in [-0.2, -0.15) is 5.26 Å². The lowest BCUT2D eigenvalue weighted by molar-refractivity contribution is -0.141. The van der Waals surface area contributed by atoms with E-state index in [9.17, 15) is 14.7 Å². The van der Waals surface area contributed by atoms with Crippen molar-refractivity contribution in [3.05, 3.63) is 35.0 Å². The van der Waals surface area contributed by atoms with Crippen LogP contribution < -0.4 is 10.6 Å². The molecule has 0 saturated heterocycles. The number of aromatic hydroxyl groups is 1. The average molecular weight is 352 g/mol. The van der Waals surface area contributed by atoms with E-state index >= 15 is 0 Å². The Bertz CT molecular complexity index is 695. The van der Waals surface area contributed by atoms with Gasteiger partial charge >= 0.3 is 5.97 Å². The van der Waals surface area contributed by atoms with E-state index in [1.54, 1.807) is 6.07 Å². The zero-order chi connectivity index (χ0) is 18.3. The molecule has 0 spiro atoms. The average Bonchev–Trinajstić information content (AvgIpc) is 2.50. The van der Waals surface area contributed by atoms with Gasteiger partial charge in [0.25, 0.3) is 5.91 Å². The van der Waals surface area contributed by atoms with E-state index < -0.39 is 17.9 Å². The van der Waals surface area contributed by atoms with Gasteiger partial charge in [-0.1, -0.05) is 25.4 Å². The molecular weight excluding hydrogens is 334 g/mol. The Labute approximate surface area is 144 Å². The Hall–Kier alpha value is -2.72. The van der Waals surface area contributed by atoms with Crippen LogP contribution >= 0.6 is 11.6 Å². The third-order valence-corrected chi connectivity index (χ3v) is 3.24. The zero-order valence-electron chi connectivity index (χ0n) is 13.2. The van der Waals surface area contributed by atoms with Crippen molar-refractivity contribution in [3.63, 3.8) is 0 Å². The van der Waals surface area contributed by atoms with Gasteiger partial charge in [-0.15, -0.1) is 0 Å². The maximum Gasteiger partial charge on any atom is 0.326 e. The molecule has 1 atom stereocenters. The van der Waals surface area contributed by atoms with Gasteiger partial charge in [0.1, 0.15) is 23.4 Å². The number of nitriles is 1. The van der Waals surface area contributed by atoms with Gasteiger partial charge in [-0.05, 0) is 30.5 Å². The molecule has 0 saturated carbocycles. The molecule has 0 aliphatic carbocycles. The molecule has 1 aromatic carbocycles. The molecule has 1 unspecified atom stereocenters. The minimum Gasteiger partial charge on any atom is -0.506 e. The summed E-state index contributed by atoms with van der Waals surface area (Å²) in [5.74, 6) is -2.05. The summed E-state index contributed by atoms with van der Waals surface area (Å²) in [6, 6.07) is 4.84. The number of halogens is 1. The molecule has 0 fully saturated rings. The number of anilines is 1. The van der Waals surface area contributed by atoms with Crippen LogP contribution in [-0.2, 0) is 9.59 Å². The molecule has 1 amide bonds. The first-order valence-electron chi connectivity index (χ1n) is 7.13. The Morgan fingerprint density at radius 1 is 1.42 bits per heavy atom. The van der Waals surface area contributed by atoms with E-state index in [2.05, 4.69) is 10.6 Å². The number of hydrogen-bond donors (Lipinski definition) is 4. The number of aliphatic carboxylic acids is 1. The van der Waals surface area contributed by atoms with E-state index in [1.165, 1.54) is 18.2 Å². The third-order valence-electron chi connectivity index (χ3n) is 3.01. The molecule has 0 bridgehead atoms. The van der Waals surface area contributed by atoms with Crippen molar-refractivity contribution in [2.45, 2.75) is 26.3 Å². The van der Waals surface area contributed by atoms with Crippen LogP contribution in [0, 0.1) is 17.2 Å². The summed E-state index contributed by atoms with van der Waals surface area (Å²) in [5, 5.41) is 33.1. The van der Waals surface area contributed by atoms with Crippen LogP contribution in [-0.4, -0.2) is 28.1 Å². The van der Waals surface area contributed by atoms with E-state index in [0.29, 0.717) is 5.02 Å². The van der Waals surface area contributed by atoms with E-state index in [4.69, 9.17) is 22.0 Å². The topological polar surface area (TPSA) is 122 Å². The Morgan fingerprint density at radius 2 is 2.08 bits per heavy atom. The molecule has 0 heterocycles. The number of benzene rings is 1. The second-order valence-electron chi connectivity index (χ2n) is 5.47. The number of carbonyl (C=O) groups excluding carboxylic acids is 1. The summed E-state index contributed by atoms with van der Waals surface area (Å²) in [6.07, 6.45) is 1.32. The molecule has 7 nitrogen and oxygen atoms in total. The lowest BCUT2D eigenvalue weighted by Gasteiger charge is -2.16. The predicted molar refractivity (Wildman–Crippen MR) is 89.5 cm³/mol. The highest BCUT2D eigenvalue weighted by molar-refractivity contribution is 6.30. The van der Waals surface area contributed by atoms with Gasteiger partial charge in [0.2, 0.25) is 0 Å². The molecule has 0 radical (unpaired) electrons. The lowest BCUT2D eigenvalue weighted by Crippen LogP contribution is -2.42. The third kappa shape index (κ3) is 5.82. The van der Waals surface area contributed by atoms with E-state index in [1.807, 2.05) is 13.8 Å². The minimum atomic E-state index is -1.17. The molecule has 8 heteroatoms. The van der Waals surface area contributed by atoms with Crippen LogP contribution in [0.1, 0.15) is 20.3 Å². The summed E-state index contributed by atoms with van der Waals surface area (Å²) >= 11 is 5.80. The van der Waals surface area contributed by atoms with Gasteiger partial charge in [0.05, 0.1) is 5.69 Å². The number of hydrogen-bond acceptors (Lipinski definition) is 5. The maximum absolute atomic E-state index is 12.0. The van der Waals surface area contributed by atoms with Crippen LogP contribution in [0.2, 0.25) is 5.02 Å². The fraction of sp³-hybridized carbons (Fsp3) is 0.312. The van der Waals surface area contributed by atoms with Crippen LogP contribution in [0.15, 0.2) is 30.0 Å². The number of carbonyl (C=O) groups is 2. The van der Waals surface area contributed by atoms with Gasteiger partial charge in [0, 0.05) is 11.2 Å². The van der Waals surface area contributed by atoms with Crippen LogP contribution in [0.3, 0.4) is 0 Å². The SMILES string of the molecule is CC(C)CC(NC(=O)/C(C#N)=C\Nc1cc(Cl)ccc1O)C(=O)O. The summed E-state index contributed by atoms with van der Waals surface area (Å²) in [7, 11) is 0.